The molecule has 4 N–H and O–H groups in total. The summed E-state index contributed by atoms with van der Waals surface area (Å²) in [5.41, 5.74) is -1.69. The highest BCUT2D eigenvalue weighted by molar-refractivity contribution is 6.29. The summed E-state index contributed by atoms with van der Waals surface area (Å²) in [6.07, 6.45) is -0.345. The number of pyridine rings is 1. The molecule has 0 radical (unpaired) electrons. The van der Waals surface area contributed by atoms with Crippen molar-refractivity contribution in [3.63, 3.8) is 0 Å². The lowest BCUT2D eigenvalue weighted by Crippen LogP contribution is -2.42. The topological polar surface area (TPSA) is 94.5 Å². The van der Waals surface area contributed by atoms with Crippen molar-refractivity contribution in [1.29, 1.82) is 0 Å². The van der Waals surface area contributed by atoms with Crippen LogP contribution in [0.2, 0.25) is 5.15 Å². The number of alkyl halides is 1. The second-order valence-corrected chi connectivity index (χ2v) is 6.94. The molecule has 0 aliphatic carbocycles. The van der Waals surface area contributed by atoms with Crippen LogP contribution in [0.1, 0.15) is 38.1 Å². The molecule has 0 aromatic carbocycles. The quantitative estimate of drug-likeness (QED) is 0.564. The Balaban J connectivity index is 2.92. The molecule has 0 bridgehead atoms. The van der Waals surface area contributed by atoms with Gasteiger partial charge >= 0.3 is 0 Å². The van der Waals surface area contributed by atoms with Gasteiger partial charge in [0, 0.05) is 6.20 Å². The van der Waals surface area contributed by atoms with Gasteiger partial charge in [-0.15, -0.1) is 0 Å². The molecule has 0 aliphatic rings. The minimum atomic E-state index is -1.61. The number of halogens is 2. The molecule has 23 heavy (non-hydrogen) atoms. The maximum atomic E-state index is 13.7. The van der Waals surface area contributed by atoms with Crippen molar-refractivity contribution in [2.24, 2.45) is 0 Å². The molecule has 0 spiro atoms. The Kier molecular flexibility index (Phi) is 6.33. The minimum Gasteiger partial charge on any atom is -0.394 e. The smallest absolute Gasteiger partial charge is 0.255 e. The number of aliphatic hydroxyl groups excluding tert-OH is 1. The van der Waals surface area contributed by atoms with Crippen LogP contribution in [0.5, 0.6) is 0 Å². The molecule has 1 rings (SSSR count). The number of nitrogens with one attached hydrogen (secondary N) is 2. The molecule has 8 heteroatoms. The van der Waals surface area contributed by atoms with Crippen LogP contribution in [-0.2, 0) is 0 Å². The fraction of sp³-hybridized carbons (Fsp3) is 0.600. The van der Waals surface area contributed by atoms with E-state index < -0.39 is 23.2 Å². The van der Waals surface area contributed by atoms with Crippen LogP contribution in [0.4, 0.5) is 10.1 Å². The van der Waals surface area contributed by atoms with Gasteiger partial charge in [-0.3, -0.25) is 4.79 Å². The van der Waals surface area contributed by atoms with Crippen LogP contribution >= 0.6 is 11.6 Å². The maximum absolute atomic E-state index is 13.7. The Morgan fingerprint density at radius 3 is 2.57 bits per heavy atom. The Morgan fingerprint density at radius 1 is 1.43 bits per heavy atom. The third-order valence-electron chi connectivity index (χ3n) is 3.19. The standard InChI is InChI=1S/C15H23ClFN3O3/c1-14(2,8-21)20-10-5-12(16)18-6-9(10)13(22)19-7-11(17)15(3,4)23/h5-6,11,21,23H,7-8H2,1-4H3,(H,18,20)(H,19,22)/t11-/m1/s1. The van der Waals surface area contributed by atoms with E-state index in [2.05, 4.69) is 15.6 Å². The van der Waals surface area contributed by atoms with Crippen LogP contribution in [0.25, 0.3) is 0 Å². The number of hydrogen-bond acceptors (Lipinski definition) is 5. The molecule has 1 heterocycles. The number of carbonyl (C=O) groups excluding carboxylic acids is 1. The van der Waals surface area contributed by atoms with Gasteiger partial charge in [0.05, 0.1) is 35.5 Å². The molecule has 0 fully saturated rings. The molecule has 1 aromatic heterocycles. The first-order chi connectivity index (χ1) is 10.5. The highest BCUT2D eigenvalue weighted by Crippen LogP contribution is 2.22. The van der Waals surface area contributed by atoms with Crippen molar-refractivity contribution in [2.45, 2.75) is 45.0 Å². The second kappa shape index (κ2) is 7.42. The van der Waals surface area contributed by atoms with Gasteiger partial charge in [0.25, 0.3) is 5.91 Å². The van der Waals surface area contributed by atoms with Gasteiger partial charge in [-0.05, 0) is 33.8 Å². The SMILES string of the molecule is CC(C)(CO)Nc1cc(Cl)ncc1C(=O)NC[C@@H](F)C(C)(C)O. The van der Waals surface area contributed by atoms with Gasteiger partial charge in [0.1, 0.15) is 11.3 Å². The summed E-state index contributed by atoms with van der Waals surface area (Å²) in [6, 6.07) is 1.46. The number of aromatic nitrogens is 1. The Labute approximate surface area is 140 Å². The fourth-order valence-corrected chi connectivity index (χ4v) is 1.80. The van der Waals surface area contributed by atoms with Crippen molar-refractivity contribution in [2.75, 3.05) is 18.5 Å². The number of amides is 1. The zero-order valence-electron chi connectivity index (χ0n) is 13.7. The van der Waals surface area contributed by atoms with Crippen LogP contribution in [0, 0.1) is 0 Å². The third kappa shape index (κ3) is 5.93. The largest absolute Gasteiger partial charge is 0.394 e. The lowest BCUT2D eigenvalue weighted by Gasteiger charge is -2.26. The summed E-state index contributed by atoms with van der Waals surface area (Å²) in [6.45, 7) is 5.63. The van der Waals surface area contributed by atoms with E-state index >= 15 is 0 Å². The Bertz CT molecular complexity index is 561. The number of nitrogens with zero attached hydrogens (tertiary/aromatic N) is 1. The number of anilines is 1. The van der Waals surface area contributed by atoms with E-state index in [1.807, 2.05) is 0 Å². The Hall–Kier alpha value is -1.44. The first kappa shape index (κ1) is 19.6. The van der Waals surface area contributed by atoms with Gasteiger partial charge < -0.3 is 20.8 Å². The lowest BCUT2D eigenvalue weighted by atomic mass is 10.0. The molecule has 0 saturated heterocycles. The number of rotatable bonds is 7. The number of hydrogen-bond donors (Lipinski definition) is 4. The molecular formula is C15H23ClFN3O3. The van der Waals surface area contributed by atoms with Crippen LogP contribution < -0.4 is 10.6 Å². The van der Waals surface area contributed by atoms with Gasteiger partial charge in [0.2, 0.25) is 0 Å². The van der Waals surface area contributed by atoms with E-state index in [9.17, 15) is 19.4 Å². The highest BCUT2D eigenvalue weighted by atomic mass is 35.5. The summed E-state index contributed by atoms with van der Waals surface area (Å²) in [5, 5.41) is 24.5. The number of aliphatic hydroxyl groups is 2. The van der Waals surface area contributed by atoms with E-state index in [-0.39, 0.29) is 23.9 Å². The zero-order valence-corrected chi connectivity index (χ0v) is 14.4. The summed E-state index contributed by atoms with van der Waals surface area (Å²) < 4.78 is 13.7. The van der Waals surface area contributed by atoms with Crippen molar-refractivity contribution < 1.29 is 19.4 Å². The third-order valence-corrected chi connectivity index (χ3v) is 3.40. The van der Waals surface area contributed by atoms with Gasteiger partial charge in [-0.2, -0.15) is 0 Å². The lowest BCUT2D eigenvalue weighted by molar-refractivity contribution is -0.00177. The van der Waals surface area contributed by atoms with Crippen molar-refractivity contribution >= 4 is 23.2 Å². The predicted octanol–water partition coefficient (Wildman–Crippen LogP) is 1.76. The first-order valence-corrected chi connectivity index (χ1v) is 7.53. The van der Waals surface area contributed by atoms with E-state index in [0.29, 0.717) is 5.69 Å². The second-order valence-electron chi connectivity index (χ2n) is 6.55. The summed E-state index contributed by atoms with van der Waals surface area (Å²) >= 11 is 5.84. The molecular weight excluding hydrogens is 325 g/mol. The van der Waals surface area contributed by atoms with Crippen molar-refractivity contribution in [1.82, 2.24) is 10.3 Å². The van der Waals surface area contributed by atoms with Crippen LogP contribution in [0.15, 0.2) is 12.3 Å². The van der Waals surface area contributed by atoms with Crippen LogP contribution in [0.3, 0.4) is 0 Å². The fourth-order valence-electron chi connectivity index (χ4n) is 1.65. The zero-order chi connectivity index (χ0) is 17.8. The average molecular weight is 348 g/mol. The molecule has 0 aliphatic heterocycles. The van der Waals surface area contributed by atoms with E-state index in [1.54, 1.807) is 13.8 Å². The normalized spacial score (nSPS) is 13.6. The summed E-state index contributed by atoms with van der Waals surface area (Å²) in [4.78, 5) is 16.1. The molecule has 0 saturated carbocycles. The van der Waals surface area contributed by atoms with Gasteiger partial charge in [-0.25, -0.2) is 9.37 Å². The first-order valence-electron chi connectivity index (χ1n) is 7.15. The van der Waals surface area contributed by atoms with Crippen LogP contribution in [-0.4, -0.2) is 51.6 Å². The molecule has 6 nitrogen and oxygen atoms in total. The highest BCUT2D eigenvalue weighted by Gasteiger charge is 2.27. The average Bonchev–Trinajstić information content (AvgIpc) is 2.43. The maximum Gasteiger partial charge on any atom is 0.255 e. The minimum absolute atomic E-state index is 0.166. The molecule has 1 atom stereocenters. The van der Waals surface area contributed by atoms with E-state index in [4.69, 9.17) is 11.6 Å². The van der Waals surface area contributed by atoms with E-state index in [0.717, 1.165) is 0 Å². The molecule has 0 unspecified atom stereocenters. The van der Waals surface area contributed by atoms with Crippen molar-refractivity contribution in [3.8, 4) is 0 Å². The Morgan fingerprint density at radius 2 is 2.04 bits per heavy atom. The van der Waals surface area contributed by atoms with E-state index in [1.165, 1.54) is 26.1 Å². The monoisotopic (exact) mass is 347 g/mol. The predicted molar refractivity (Wildman–Crippen MR) is 87.6 cm³/mol. The molecule has 1 aromatic rings. The van der Waals surface area contributed by atoms with Gasteiger partial charge in [0.15, 0.2) is 0 Å². The van der Waals surface area contributed by atoms with Crippen molar-refractivity contribution in [3.05, 3.63) is 23.0 Å². The summed E-state index contributed by atoms with van der Waals surface area (Å²) in [7, 11) is 0. The molecule has 1 amide bonds. The number of carbonyl (C=O) groups is 1. The summed E-state index contributed by atoms with van der Waals surface area (Å²) in [5.74, 6) is -0.558. The molecule has 130 valence electrons. The van der Waals surface area contributed by atoms with Gasteiger partial charge in [-0.1, -0.05) is 11.6 Å².